The number of carboxylic acids is 1. The highest BCUT2D eigenvalue weighted by atomic mass is 16.5. The van der Waals surface area contributed by atoms with Crippen molar-refractivity contribution >= 4 is 5.97 Å². The number of ether oxygens (including phenoxy) is 1. The van der Waals surface area contributed by atoms with Gasteiger partial charge in [0.15, 0.2) is 6.10 Å². The van der Waals surface area contributed by atoms with E-state index in [0.717, 1.165) is 16.7 Å². The molecule has 0 aliphatic heterocycles. The Balaban J connectivity index is 2.19. The average Bonchev–Trinajstić information content (AvgIpc) is 2.49. The summed E-state index contributed by atoms with van der Waals surface area (Å²) in [6.07, 6.45) is -0.537. The van der Waals surface area contributed by atoms with Crippen LogP contribution < -0.4 is 4.74 Å². The lowest BCUT2D eigenvalue weighted by molar-refractivity contribution is -0.145. The third-order valence-corrected chi connectivity index (χ3v) is 3.63. The number of aliphatic carboxylic acids is 1. The monoisotopic (exact) mass is 298 g/mol. The van der Waals surface area contributed by atoms with E-state index >= 15 is 0 Å². The Hall–Kier alpha value is -2.29. The van der Waals surface area contributed by atoms with Crippen LogP contribution in [0.4, 0.5) is 0 Å². The zero-order valence-corrected chi connectivity index (χ0v) is 13.2. The largest absolute Gasteiger partial charge is 0.478 e. The topological polar surface area (TPSA) is 46.5 Å². The molecule has 2 aromatic rings. The maximum absolute atomic E-state index is 11.5. The summed E-state index contributed by atoms with van der Waals surface area (Å²) in [6, 6.07) is 15.5. The smallest absolute Gasteiger partial charge is 0.345 e. The molecule has 0 aliphatic carbocycles. The van der Waals surface area contributed by atoms with Crippen molar-refractivity contribution in [3.8, 4) is 5.75 Å². The van der Waals surface area contributed by atoms with E-state index in [1.807, 2.05) is 55.5 Å². The second-order valence-electron chi connectivity index (χ2n) is 5.83. The van der Waals surface area contributed by atoms with Crippen LogP contribution in [0.2, 0.25) is 0 Å². The van der Waals surface area contributed by atoms with Gasteiger partial charge in [-0.25, -0.2) is 4.79 Å². The molecule has 3 heteroatoms. The van der Waals surface area contributed by atoms with Crippen LogP contribution in [0, 0.1) is 6.92 Å². The van der Waals surface area contributed by atoms with Crippen molar-refractivity contribution < 1.29 is 14.6 Å². The SMILES string of the molecule is Cc1ccc(C[C@H](Oc2ccccc2C(C)C)C(=O)O)cc1. The fourth-order valence-corrected chi connectivity index (χ4v) is 2.34. The first kappa shape index (κ1) is 16.1. The Labute approximate surface area is 131 Å². The molecule has 0 radical (unpaired) electrons. The standard InChI is InChI=1S/C19H22O3/c1-13(2)16-6-4-5-7-17(16)22-18(19(20)21)12-15-10-8-14(3)9-11-15/h4-11,13,18H,12H2,1-3H3,(H,20,21)/t18-/m0/s1. The molecule has 1 N–H and O–H groups in total. The minimum Gasteiger partial charge on any atom is -0.478 e. The Kier molecular flexibility index (Phi) is 5.21. The number of carbonyl (C=O) groups is 1. The minimum atomic E-state index is -0.945. The molecule has 0 aliphatic rings. The molecule has 0 fully saturated rings. The highest BCUT2D eigenvalue weighted by Gasteiger charge is 2.21. The Morgan fingerprint density at radius 2 is 1.73 bits per heavy atom. The van der Waals surface area contributed by atoms with Crippen LogP contribution in [0.25, 0.3) is 0 Å². The van der Waals surface area contributed by atoms with Gasteiger partial charge in [-0.2, -0.15) is 0 Å². The van der Waals surface area contributed by atoms with Crippen molar-refractivity contribution in [2.45, 2.75) is 39.2 Å². The lowest BCUT2D eigenvalue weighted by atomic mass is 10.0. The van der Waals surface area contributed by atoms with Gasteiger partial charge in [-0.3, -0.25) is 0 Å². The molecule has 0 saturated carbocycles. The van der Waals surface area contributed by atoms with Gasteiger partial charge in [0.05, 0.1) is 0 Å². The molecule has 3 nitrogen and oxygen atoms in total. The van der Waals surface area contributed by atoms with Gasteiger partial charge in [-0.15, -0.1) is 0 Å². The predicted octanol–water partition coefficient (Wildman–Crippen LogP) is 4.19. The molecule has 1 atom stereocenters. The third kappa shape index (κ3) is 4.10. The number of hydrogen-bond acceptors (Lipinski definition) is 2. The fraction of sp³-hybridized carbons (Fsp3) is 0.316. The summed E-state index contributed by atoms with van der Waals surface area (Å²) in [6.45, 7) is 6.14. The second kappa shape index (κ2) is 7.12. The van der Waals surface area contributed by atoms with Gasteiger partial charge in [0, 0.05) is 6.42 Å². The molecular weight excluding hydrogens is 276 g/mol. The van der Waals surface area contributed by atoms with E-state index in [1.165, 1.54) is 0 Å². The summed E-state index contributed by atoms with van der Waals surface area (Å²) in [5, 5.41) is 9.45. The molecule has 0 aromatic heterocycles. The summed E-state index contributed by atoms with van der Waals surface area (Å²) >= 11 is 0. The van der Waals surface area contributed by atoms with E-state index in [0.29, 0.717) is 12.2 Å². The molecule has 0 spiro atoms. The lowest BCUT2D eigenvalue weighted by Crippen LogP contribution is -2.29. The normalized spacial score (nSPS) is 12.2. The van der Waals surface area contributed by atoms with Gasteiger partial charge < -0.3 is 9.84 Å². The first-order chi connectivity index (χ1) is 10.5. The maximum atomic E-state index is 11.5. The average molecular weight is 298 g/mol. The molecule has 0 saturated heterocycles. The van der Waals surface area contributed by atoms with E-state index in [9.17, 15) is 9.90 Å². The number of hydrogen-bond donors (Lipinski definition) is 1. The van der Waals surface area contributed by atoms with Gasteiger partial charge in [0.1, 0.15) is 5.75 Å². The van der Waals surface area contributed by atoms with Crippen LogP contribution in [-0.4, -0.2) is 17.2 Å². The molecule has 2 rings (SSSR count). The van der Waals surface area contributed by atoms with Gasteiger partial charge in [-0.05, 0) is 30.0 Å². The van der Waals surface area contributed by atoms with E-state index in [4.69, 9.17) is 4.74 Å². The van der Waals surface area contributed by atoms with Crippen molar-refractivity contribution in [3.63, 3.8) is 0 Å². The molecule has 22 heavy (non-hydrogen) atoms. The number of carboxylic acid groups (broad SMARTS) is 1. The summed E-state index contributed by atoms with van der Waals surface area (Å²) in [5.74, 6) is -0.0128. The van der Waals surface area contributed by atoms with Gasteiger partial charge in [0.2, 0.25) is 0 Å². The quantitative estimate of drug-likeness (QED) is 0.869. The van der Waals surface area contributed by atoms with Crippen molar-refractivity contribution in [2.75, 3.05) is 0 Å². The molecule has 0 amide bonds. The maximum Gasteiger partial charge on any atom is 0.345 e. The second-order valence-corrected chi connectivity index (χ2v) is 5.83. The zero-order valence-electron chi connectivity index (χ0n) is 13.2. The molecule has 0 unspecified atom stereocenters. The summed E-state index contributed by atoms with van der Waals surface area (Å²) in [4.78, 5) is 11.5. The van der Waals surface area contributed by atoms with Crippen LogP contribution in [0.5, 0.6) is 5.75 Å². The predicted molar refractivity (Wildman–Crippen MR) is 87.5 cm³/mol. The summed E-state index contributed by atoms with van der Waals surface area (Å²) in [5.41, 5.74) is 3.14. The van der Waals surface area contributed by atoms with Crippen LogP contribution in [0.15, 0.2) is 48.5 Å². The molecule has 0 heterocycles. The summed E-state index contributed by atoms with van der Waals surface area (Å²) < 4.78 is 5.80. The van der Waals surface area contributed by atoms with Gasteiger partial charge >= 0.3 is 5.97 Å². The van der Waals surface area contributed by atoms with E-state index in [-0.39, 0.29) is 5.92 Å². The van der Waals surface area contributed by atoms with Gasteiger partial charge in [0.25, 0.3) is 0 Å². The number of rotatable bonds is 6. The minimum absolute atomic E-state index is 0.282. The molecule has 2 aromatic carbocycles. The van der Waals surface area contributed by atoms with Crippen molar-refractivity contribution in [1.82, 2.24) is 0 Å². The van der Waals surface area contributed by atoms with Crippen LogP contribution >= 0.6 is 0 Å². The Morgan fingerprint density at radius 1 is 1.09 bits per heavy atom. The first-order valence-corrected chi connectivity index (χ1v) is 7.51. The zero-order chi connectivity index (χ0) is 16.1. The Bertz CT molecular complexity index is 629. The highest BCUT2D eigenvalue weighted by molar-refractivity contribution is 5.73. The van der Waals surface area contributed by atoms with Crippen LogP contribution in [0.3, 0.4) is 0 Å². The van der Waals surface area contributed by atoms with Crippen molar-refractivity contribution in [2.24, 2.45) is 0 Å². The number of benzene rings is 2. The van der Waals surface area contributed by atoms with Crippen LogP contribution in [0.1, 0.15) is 36.5 Å². The van der Waals surface area contributed by atoms with E-state index in [1.54, 1.807) is 0 Å². The van der Waals surface area contributed by atoms with E-state index < -0.39 is 12.1 Å². The third-order valence-electron chi connectivity index (χ3n) is 3.63. The number of para-hydroxylation sites is 1. The highest BCUT2D eigenvalue weighted by Crippen LogP contribution is 2.27. The fourth-order valence-electron chi connectivity index (χ4n) is 2.34. The molecule has 0 bridgehead atoms. The van der Waals surface area contributed by atoms with Crippen molar-refractivity contribution in [1.29, 1.82) is 0 Å². The van der Waals surface area contributed by atoms with Crippen molar-refractivity contribution in [3.05, 3.63) is 65.2 Å². The Morgan fingerprint density at radius 3 is 2.32 bits per heavy atom. The molecule has 116 valence electrons. The summed E-state index contributed by atoms with van der Waals surface area (Å²) in [7, 11) is 0. The van der Waals surface area contributed by atoms with Gasteiger partial charge in [-0.1, -0.05) is 61.9 Å². The lowest BCUT2D eigenvalue weighted by Gasteiger charge is -2.19. The molecular formula is C19H22O3. The number of aryl methyl sites for hydroxylation is 1. The first-order valence-electron chi connectivity index (χ1n) is 7.51. The van der Waals surface area contributed by atoms with Crippen LogP contribution in [-0.2, 0) is 11.2 Å². The van der Waals surface area contributed by atoms with E-state index in [2.05, 4.69) is 13.8 Å².